The van der Waals surface area contributed by atoms with Crippen LogP contribution in [-0.4, -0.2) is 57.5 Å². The number of nitrogens with zero attached hydrogens (tertiary/aromatic N) is 3. The molecule has 2 atom stereocenters. The van der Waals surface area contributed by atoms with Crippen LogP contribution < -0.4 is 9.21 Å². The first-order valence-corrected chi connectivity index (χ1v) is 12.0. The maximum absolute atomic E-state index is 12.6. The molecule has 9 heteroatoms. The summed E-state index contributed by atoms with van der Waals surface area (Å²) in [6.45, 7) is 3.95. The van der Waals surface area contributed by atoms with Gasteiger partial charge in [0.15, 0.2) is 0 Å². The maximum Gasteiger partial charge on any atom is 0.335 e. The summed E-state index contributed by atoms with van der Waals surface area (Å²) in [4.78, 5) is 18.4. The van der Waals surface area contributed by atoms with Crippen LogP contribution in [-0.2, 0) is 21.3 Å². The van der Waals surface area contributed by atoms with E-state index < -0.39 is 16.0 Å². The number of benzene rings is 1. The summed E-state index contributed by atoms with van der Waals surface area (Å²) < 4.78 is 31.6. The molecule has 31 heavy (non-hydrogen) atoms. The van der Waals surface area contributed by atoms with E-state index in [1.54, 1.807) is 7.11 Å². The van der Waals surface area contributed by atoms with Crippen molar-refractivity contribution in [2.45, 2.75) is 19.9 Å². The molecular formula is C22H29N3O5S. The number of pyridine rings is 1. The number of anilines is 2. The van der Waals surface area contributed by atoms with Crippen LogP contribution in [0, 0.1) is 11.8 Å². The molecule has 2 aromatic rings. The second-order valence-corrected chi connectivity index (χ2v) is 9.95. The molecule has 0 saturated heterocycles. The van der Waals surface area contributed by atoms with Crippen molar-refractivity contribution >= 4 is 27.6 Å². The number of methoxy groups -OCH3 is 1. The predicted molar refractivity (Wildman–Crippen MR) is 120 cm³/mol. The van der Waals surface area contributed by atoms with Crippen molar-refractivity contribution in [3.63, 3.8) is 0 Å². The van der Waals surface area contributed by atoms with Crippen LogP contribution in [0.2, 0.25) is 0 Å². The van der Waals surface area contributed by atoms with Gasteiger partial charge in [0.2, 0.25) is 10.0 Å². The Balaban J connectivity index is 2.02. The highest BCUT2D eigenvalue weighted by atomic mass is 32.2. The van der Waals surface area contributed by atoms with Gasteiger partial charge in [-0.25, -0.2) is 22.5 Å². The second kappa shape index (κ2) is 9.65. The van der Waals surface area contributed by atoms with E-state index in [9.17, 15) is 18.3 Å². The van der Waals surface area contributed by atoms with Crippen LogP contribution in [0.25, 0.3) is 0 Å². The van der Waals surface area contributed by atoms with Crippen LogP contribution in [0.3, 0.4) is 0 Å². The van der Waals surface area contributed by atoms with Crippen LogP contribution in [0.15, 0.2) is 42.5 Å². The van der Waals surface area contributed by atoms with E-state index in [1.807, 2.05) is 35.2 Å². The van der Waals surface area contributed by atoms with Crippen LogP contribution in [0.4, 0.5) is 11.6 Å². The Hall–Kier alpha value is -2.65. The van der Waals surface area contributed by atoms with Crippen molar-refractivity contribution in [3.8, 4) is 0 Å². The van der Waals surface area contributed by atoms with Gasteiger partial charge in [0.1, 0.15) is 11.6 Å². The minimum absolute atomic E-state index is 0.00651. The molecule has 1 heterocycles. The molecule has 0 bridgehead atoms. The number of hydrogen-bond donors (Lipinski definition) is 1. The molecule has 1 aliphatic rings. The molecule has 1 aromatic heterocycles. The molecule has 1 aliphatic carbocycles. The van der Waals surface area contributed by atoms with Gasteiger partial charge in [0, 0.05) is 20.2 Å². The molecule has 1 fully saturated rings. The van der Waals surface area contributed by atoms with E-state index >= 15 is 0 Å². The lowest BCUT2D eigenvalue weighted by Crippen LogP contribution is -2.33. The summed E-state index contributed by atoms with van der Waals surface area (Å²) in [5, 5.41) is 9.66. The Labute approximate surface area is 183 Å². The van der Waals surface area contributed by atoms with E-state index in [1.165, 1.54) is 12.1 Å². The number of aromatic carboxylic acids is 1. The Kier molecular flexibility index (Phi) is 7.17. The third-order valence-corrected chi connectivity index (χ3v) is 6.61. The molecule has 0 spiro atoms. The minimum Gasteiger partial charge on any atom is -0.478 e. The molecule has 0 radical (unpaired) electrons. The summed E-state index contributed by atoms with van der Waals surface area (Å²) in [6.07, 6.45) is 2.21. The summed E-state index contributed by atoms with van der Waals surface area (Å²) in [6, 6.07) is 11.9. The van der Waals surface area contributed by atoms with E-state index in [4.69, 9.17) is 4.74 Å². The molecule has 1 aromatic carbocycles. The summed E-state index contributed by atoms with van der Waals surface area (Å²) in [5.74, 6) is 0.508. The first-order valence-electron chi connectivity index (χ1n) is 10.2. The van der Waals surface area contributed by atoms with Gasteiger partial charge in [-0.3, -0.25) is 0 Å². The van der Waals surface area contributed by atoms with E-state index in [2.05, 4.69) is 11.9 Å². The fraction of sp³-hybridized carbons (Fsp3) is 0.455. The highest BCUT2D eigenvalue weighted by Crippen LogP contribution is 2.39. The number of carboxylic acids is 1. The lowest BCUT2D eigenvalue weighted by Gasteiger charge is -2.27. The van der Waals surface area contributed by atoms with Crippen molar-refractivity contribution in [2.75, 3.05) is 42.3 Å². The van der Waals surface area contributed by atoms with E-state index in [0.717, 1.165) is 29.1 Å². The SMILES string of the molecule is COCCN(C[C@@H]1C[C@H]1C)c1cc(C(=O)O)cc(N(Cc2ccccc2)S(C)(=O)=O)n1. The van der Waals surface area contributed by atoms with Crippen molar-refractivity contribution in [1.82, 2.24) is 4.98 Å². The van der Waals surface area contributed by atoms with Crippen LogP contribution >= 0.6 is 0 Å². The fourth-order valence-corrected chi connectivity index (χ4v) is 4.29. The zero-order chi connectivity index (χ0) is 22.6. The Morgan fingerprint density at radius 2 is 1.87 bits per heavy atom. The fourth-order valence-electron chi connectivity index (χ4n) is 3.47. The monoisotopic (exact) mass is 447 g/mol. The molecule has 168 valence electrons. The van der Waals surface area contributed by atoms with Gasteiger partial charge in [-0.1, -0.05) is 37.3 Å². The normalized spacial score (nSPS) is 17.9. The maximum atomic E-state index is 12.6. The minimum atomic E-state index is -3.70. The van der Waals surface area contributed by atoms with Crippen LogP contribution in [0.1, 0.15) is 29.3 Å². The molecule has 1 saturated carbocycles. The number of rotatable bonds is 11. The molecule has 0 aliphatic heterocycles. The lowest BCUT2D eigenvalue weighted by molar-refractivity contribution is 0.0696. The lowest BCUT2D eigenvalue weighted by atomic mass is 10.2. The molecular weight excluding hydrogens is 418 g/mol. The van der Waals surface area contributed by atoms with E-state index in [0.29, 0.717) is 30.8 Å². The van der Waals surface area contributed by atoms with Gasteiger partial charge in [-0.15, -0.1) is 0 Å². The summed E-state index contributed by atoms with van der Waals surface area (Å²) in [7, 11) is -2.10. The average Bonchev–Trinajstić information content (AvgIpc) is 3.43. The zero-order valence-corrected chi connectivity index (χ0v) is 18.9. The van der Waals surface area contributed by atoms with Gasteiger partial charge < -0.3 is 14.7 Å². The third kappa shape index (κ3) is 6.18. The number of ether oxygens (including phenoxy) is 1. The Bertz CT molecular complexity index is 1010. The van der Waals surface area contributed by atoms with Crippen molar-refractivity contribution in [1.29, 1.82) is 0 Å². The van der Waals surface area contributed by atoms with Crippen molar-refractivity contribution in [3.05, 3.63) is 53.6 Å². The zero-order valence-electron chi connectivity index (χ0n) is 18.1. The third-order valence-electron chi connectivity index (χ3n) is 5.49. The number of aromatic nitrogens is 1. The topological polar surface area (TPSA) is 100 Å². The number of hydrogen-bond acceptors (Lipinski definition) is 6. The highest BCUT2D eigenvalue weighted by Gasteiger charge is 2.34. The Morgan fingerprint density at radius 3 is 2.42 bits per heavy atom. The quantitative estimate of drug-likeness (QED) is 0.565. The average molecular weight is 448 g/mol. The standard InChI is InChI=1S/C22H29N3O5S/c1-16-11-19(16)15-24(9-10-30-2)20-12-18(22(26)27)13-21(23-20)25(31(3,28)29)14-17-7-5-4-6-8-17/h4-8,12-13,16,19H,9-11,14-15H2,1-3H3,(H,26,27)/t16-,19+/m1/s1. The Morgan fingerprint density at radius 1 is 1.23 bits per heavy atom. The van der Waals surface area contributed by atoms with E-state index in [-0.39, 0.29) is 17.9 Å². The van der Waals surface area contributed by atoms with Gasteiger partial charge in [0.25, 0.3) is 0 Å². The predicted octanol–water partition coefficient (Wildman–Crippen LogP) is 2.85. The van der Waals surface area contributed by atoms with Gasteiger partial charge >= 0.3 is 5.97 Å². The molecule has 0 unspecified atom stereocenters. The van der Waals surface area contributed by atoms with Gasteiger partial charge in [-0.05, 0) is 36.0 Å². The molecule has 3 rings (SSSR count). The number of carbonyl (C=O) groups is 1. The summed E-state index contributed by atoms with van der Waals surface area (Å²) in [5.41, 5.74) is 0.771. The highest BCUT2D eigenvalue weighted by molar-refractivity contribution is 7.92. The van der Waals surface area contributed by atoms with Crippen LogP contribution in [0.5, 0.6) is 0 Å². The molecule has 8 nitrogen and oxygen atoms in total. The molecule has 1 N–H and O–H groups in total. The number of carboxylic acid groups (broad SMARTS) is 1. The summed E-state index contributed by atoms with van der Waals surface area (Å²) >= 11 is 0. The van der Waals surface area contributed by atoms with Crippen molar-refractivity contribution in [2.24, 2.45) is 11.8 Å². The van der Waals surface area contributed by atoms with Crippen molar-refractivity contribution < 1.29 is 23.1 Å². The number of sulfonamides is 1. The van der Waals surface area contributed by atoms with Gasteiger partial charge in [0.05, 0.1) is 25.0 Å². The first kappa shape index (κ1) is 23.0. The largest absolute Gasteiger partial charge is 0.478 e. The second-order valence-electron chi connectivity index (χ2n) is 8.04. The van der Waals surface area contributed by atoms with Gasteiger partial charge in [-0.2, -0.15) is 0 Å². The first-order chi connectivity index (χ1) is 14.7. The molecule has 0 amide bonds. The smallest absolute Gasteiger partial charge is 0.335 e.